The zero-order chi connectivity index (χ0) is 12.7. The fraction of sp³-hybridized carbons (Fsp3) is 0.909. The predicted octanol–water partition coefficient (Wildman–Crippen LogP) is 1.81. The number of aromatic nitrogens is 4. The molecule has 0 aromatic carbocycles. The Kier molecular flexibility index (Phi) is 6.50. The highest BCUT2D eigenvalue weighted by Gasteiger charge is 2.06. The van der Waals surface area contributed by atoms with E-state index < -0.39 is 0 Å². The standard InChI is InChI=1S/C11H23N5S/c1-9(2)5-8-17-11-13-14-15-16(11)7-6-12-10(3)4/h9-10,12H,5-8H2,1-4H3. The van der Waals surface area contributed by atoms with Gasteiger partial charge >= 0.3 is 0 Å². The lowest BCUT2D eigenvalue weighted by Crippen LogP contribution is -2.27. The monoisotopic (exact) mass is 257 g/mol. The largest absolute Gasteiger partial charge is 0.313 e. The molecule has 17 heavy (non-hydrogen) atoms. The van der Waals surface area contributed by atoms with Gasteiger partial charge in [0.2, 0.25) is 5.16 Å². The zero-order valence-corrected chi connectivity index (χ0v) is 12.0. The Hall–Kier alpha value is -0.620. The van der Waals surface area contributed by atoms with E-state index in [0.717, 1.165) is 29.9 Å². The van der Waals surface area contributed by atoms with Crippen molar-refractivity contribution in [3.8, 4) is 0 Å². The second kappa shape index (κ2) is 7.66. The minimum atomic E-state index is 0.503. The van der Waals surface area contributed by atoms with Crippen LogP contribution in [0.5, 0.6) is 0 Å². The lowest BCUT2D eigenvalue weighted by atomic mass is 10.2. The van der Waals surface area contributed by atoms with Crippen LogP contribution in [0.3, 0.4) is 0 Å². The van der Waals surface area contributed by atoms with Crippen molar-refractivity contribution >= 4 is 11.8 Å². The van der Waals surface area contributed by atoms with E-state index in [2.05, 4.69) is 48.5 Å². The Bertz CT molecular complexity index is 282. The van der Waals surface area contributed by atoms with Gasteiger partial charge in [-0.05, 0) is 22.8 Å². The summed E-state index contributed by atoms with van der Waals surface area (Å²) < 4.78 is 1.88. The Morgan fingerprint density at radius 3 is 2.71 bits per heavy atom. The van der Waals surface area contributed by atoms with Crippen LogP contribution in [0, 0.1) is 5.92 Å². The third kappa shape index (κ3) is 6.02. The summed E-state index contributed by atoms with van der Waals surface area (Å²) in [5, 5.41) is 16.1. The molecule has 1 aromatic rings. The molecule has 0 aliphatic carbocycles. The van der Waals surface area contributed by atoms with E-state index in [0.29, 0.717) is 6.04 Å². The number of nitrogens with zero attached hydrogens (tertiary/aromatic N) is 4. The third-order valence-electron chi connectivity index (χ3n) is 2.30. The summed E-state index contributed by atoms with van der Waals surface area (Å²) in [5.74, 6) is 1.81. The molecule has 6 heteroatoms. The molecule has 0 saturated heterocycles. The summed E-state index contributed by atoms with van der Waals surface area (Å²) in [6.45, 7) is 10.5. The molecule has 0 bridgehead atoms. The Balaban J connectivity index is 2.32. The van der Waals surface area contributed by atoms with Crippen LogP contribution in [-0.4, -0.2) is 38.5 Å². The third-order valence-corrected chi connectivity index (χ3v) is 3.29. The van der Waals surface area contributed by atoms with E-state index in [4.69, 9.17) is 0 Å². The fourth-order valence-corrected chi connectivity index (χ4v) is 2.43. The first kappa shape index (κ1) is 14.4. The van der Waals surface area contributed by atoms with Gasteiger partial charge in [-0.1, -0.05) is 39.5 Å². The first-order valence-corrected chi connectivity index (χ1v) is 7.20. The number of thioether (sulfide) groups is 1. The quantitative estimate of drug-likeness (QED) is 0.720. The lowest BCUT2D eigenvalue weighted by molar-refractivity contribution is 0.485. The van der Waals surface area contributed by atoms with Crippen LogP contribution in [0.2, 0.25) is 0 Å². The van der Waals surface area contributed by atoms with Crippen molar-refractivity contribution in [1.29, 1.82) is 0 Å². The highest BCUT2D eigenvalue weighted by Crippen LogP contribution is 2.16. The summed E-state index contributed by atoms with van der Waals surface area (Å²) in [6.07, 6.45) is 1.20. The summed E-state index contributed by atoms with van der Waals surface area (Å²) in [7, 11) is 0. The van der Waals surface area contributed by atoms with Crippen LogP contribution in [0.15, 0.2) is 5.16 Å². The molecule has 5 nitrogen and oxygen atoms in total. The summed E-state index contributed by atoms with van der Waals surface area (Å²) in [4.78, 5) is 0. The van der Waals surface area contributed by atoms with Gasteiger partial charge in [-0.15, -0.1) is 5.10 Å². The molecule has 0 aliphatic heterocycles. The van der Waals surface area contributed by atoms with Crippen molar-refractivity contribution in [3.05, 3.63) is 0 Å². The van der Waals surface area contributed by atoms with Gasteiger partial charge < -0.3 is 5.32 Å². The molecule has 0 amide bonds. The maximum atomic E-state index is 4.05. The second-order valence-electron chi connectivity index (χ2n) is 4.82. The van der Waals surface area contributed by atoms with Gasteiger partial charge in [-0.25, -0.2) is 4.68 Å². The topological polar surface area (TPSA) is 55.6 Å². The number of rotatable bonds is 8. The number of tetrazole rings is 1. The molecule has 1 rings (SSSR count). The number of hydrogen-bond acceptors (Lipinski definition) is 5. The van der Waals surface area contributed by atoms with Gasteiger partial charge in [0.05, 0.1) is 6.54 Å². The van der Waals surface area contributed by atoms with Crippen LogP contribution in [0.4, 0.5) is 0 Å². The molecule has 1 heterocycles. The van der Waals surface area contributed by atoms with Crippen LogP contribution in [0.1, 0.15) is 34.1 Å². The maximum absolute atomic E-state index is 4.05. The van der Waals surface area contributed by atoms with Crippen LogP contribution in [0.25, 0.3) is 0 Å². The van der Waals surface area contributed by atoms with Crippen LogP contribution >= 0.6 is 11.8 Å². The molecule has 1 aromatic heterocycles. The Morgan fingerprint density at radius 1 is 1.29 bits per heavy atom. The normalized spacial score (nSPS) is 11.6. The molecule has 0 unspecified atom stereocenters. The molecule has 0 aliphatic rings. The summed E-state index contributed by atoms with van der Waals surface area (Å²) in [5.41, 5.74) is 0. The van der Waals surface area contributed by atoms with Gasteiger partial charge in [0.15, 0.2) is 0 Å². The maximum Gasteiger partial charge on any atom is 0.209 e. The molecule has 0 radical (unpaired) electrons. The number of hydrogen-bond donors (Lipinski definition) is 1. The Labute approximate surface area is 108 Å². The highest BCUT2D eigenvalue weighted by molar-refractivity contribution is 7.99. The van der Waals surface area contributed by atoms with Crippen molar-refractivity contribution in [2.75, 3.05) is 12.3 Å². The van der Waals surface area contributed by atoms with Gasteiger partial charge in [0, 0.05) is 18.3 Å². The zero-order valence-electron chi connectivity index (χ0n) is 11.2. The molecular formula is C11H23N5S. The molecule has 0 saturated carbocycles. The van der Waals surface area contributed by atoms with Crippen LogP contribution < -0.4 is 5.32 Å². The van der Waals surface area contributed by atoms with Crippen molar-refractivity contribution in [2.45, 2.75) is 51.9 Å². The van der Waals surface area contributed by atoms with Gasteiger partial charge in [0.25, 0.3) is 0 Å². The van der Waals surface area contributed by atoms with E-state index in [1.165, 1.54) is 6.42 Å². The molecule has 0 atom stereocenters. The average molecular weight is 257 g/mol. The number of nitrogens with one attached hydrogen (secondary N) is 1. The van der Waals surface area contributed by atoms with E-state index in [9.17, 15) is 0 Å². The van der Waals surface area contributed by atoms with E-state index >= 15 is 0 Å². The first-order valence-electron chi connectivity index (χ1n) is 6.22. The van der Waals surface area contributed by atoms with Crippen molar-refractivity contribution in [3.63, 3.8) is 0 Å². The minimum Gasteiger partial charge on any atom is -0.313 e. The fourth-order valence-electron chi connectivity index (χ4n) is 1.29. The first-order chi connectivity index (χ1) is 8.09. The predicted molar refractivity (Wildman–Crippen MR) is 71.1 cm³/mol. The van der Waals surface area contributed by atoms with Gasteiger partial charge in [-0.2, -0.15) is 0 Å². The molecule has 0 spiro atoms. The smallest absolute Gasteiger partial charge is 0.209 e. The van der Waals surface area contributed by atoms with Gasteiger partial charge in [-0.3, -0.25) is 0 Å². The molecular weight excluding hydrogens is 234 g/mol. The Morgan fingerprint density at radius 2 is 2.06 bits per heavy atom. The van der Waals surface area contributed by atoms with Crippen molar-refractivity contribution in [2.24, 2.45) is 5.92 Å². The average Bonchev–Trinajstić information content (AvgIpc) is 2.65. The molecule has 1 N–H and O–H groups in total. The second-order valence-corrected chi connectivity index (χ2v) is 5.89. The van der Waals surface area contributed by atoms with Gasteiger partial charge in [0.1, 0.15) is 0 Å². The molecule has 0 fully saturated rings. The highest BCUT2D eigenvalue weighted by atomic mass is 32.2. The van der Waals surface area contributed by atoms with Crippen molar-refractivity contribution in [1.82, 2.24) is 25.5 Å². The summed E-state index contributed by atoms with van der Waals surface area (Å²) >= 11 is 1.74. The van der Waals surface area contributed by atoms with Crippen LogP contribution in [-0.2, 0) is 6.54 Å². The SMILES string of the molecule is CC(C)CCSc1nnnn1CCNC(C)C. The van der Waals surface area contributed by atoms with E-state index in [1.807, 2.05) is 4.68 Å². The lowest BCUT2D eigenvalue weighted by Gasteiger charge is -2.08. The van der Waals surface area contributed by atoms with E-state index in [-0.39, 0.29) is 0 Å². The minimum absolute atomic E-state index is 0.503. The summed E-state index contributed by atoms with van der Waals surface area (Å²) in [6, 6.07) is 0.503. The van der Waals surface area contributed by atoms with Crippen molar-refractivity contribution < 1.29 is 0 Å². The van der Waals surface area contributed by atoms with E-state index in [1.54, 1.807) is 11.8 Å². The molecule has 98 valence electrons.